The van der Waals surface area contributed by atoms with E-state index in [1.165, 1.54) is 0 Å². The van der Waals surface area contributed by atoms with Crippen molar-refractivity contribution in [2.45, 2.75) is 38.0 Å². The van der Waals surface area contributed by atoms with Gasteiger partial charge in [0.15, 0.2) is 0 Å². The van der Waals surface area contributed by atoms with Gasteiger partial charge in [0.1, 0.15) is 0 Å². The van der Waals surface area contributed by atoms with Crippen LogP contribution in [0.5, 0.6) is 0 Å². The number of aliphatic hydroxyl groups excluding tert-OH is 1. The van der Waals surface area contributed by atoms with Gasteiger partial charge in [-0.05, 0) is 31.6 Å². The van der Waals surface area contributed by atoms with E-state index in [-0.39, 0.29) is 6.61 Å². The van der Waals surface area contributed by atoms with Gasteiger partial charge < -0.3 is 5.11 Å². The zero-order valence-corrected chi connectivity index (χ0v) is 12.5. The highest BCUT2D eigenvalue weighted by Crippen LogP contribution is 2.17. The van der Waals surface area contributed by atoms with Crippen LogP contribution in [-0.2, 0) is 10.8 Å². The summed E-state index contributed by atoms with van der Waals surface area (Å²) < 4.78 is 12.5. The molecule has 0 aliphatic heterocycles. The van der Waals surface area contributed by atoms with Crippen molar-refractivity contribution in [3.63, 3.8) is 0 Å². The predicted octanol–water partition coefficient (Wildman–Crippen LogP) is 3.73. The number of rotatable bonds is 7. The lowest BCUT2D eigenvalue weighted by molar-refractivity contribution is 0.342. The molecule has 0 aliphatic carbocycles. The summed E-state index contributed by atoms with van der Waals surface area (Å²) in [7, 11) is -1.17. The Hall–Kier alpha value is -1.19. The van der Waals surface area contributed by atoms with Crippen LogP contribution in [0, 0.1) is 6.92 Å². The van der Waals surface area contributed by atoms with Crippen LogP contribution in [0.2, 0.25) is 0 Å². The fourth-order valence-corrected chi connectivity index (χ4v) is 2.77. The minimum Gasteiger partial charge on any atom is -0.392 e. The maximum absolute atomic E-state index is 12.5. The van der Waals surface area contributed by atoms with Crippen LogP contribution in [0.3, 0.4) is 0 Å². The molecule has 0 saturated carbocycles. The third kappa shape index (κ3) is 5.53. The van der Waals surface area contributed by atoms with E-state index < -0.39 is 10.8 Å². The van der Waals surface area contributed by atoms with Gasteiger partial charge in [-0.3, -0.25) is 0 Å². The van der Waals surface area contributed by atoms with Crippen LogP contribution in [0.4, 0.5) is 0 Å². The zero-order valence-electron chi connectivity index (χ0n) is 11.6. The largest absolute Gasteiger partial charge is 0.392 e. The minimum absolute atomic E-state index is 0.0315. The Morgan fingerprint density at radius 3 is 2.58 bits per heavy atom. The number of hydrogen-bond acceptors (Lipinski definition) is 2. The third-order valence-electron chi connectivity index (χ3n) is 2.74. The summed E-state index contributed by atoms with van der Waals surface area (Å²) >= 11 is 0. The Morgan fingerprint density at radius 1 is 1.32 bits per heavy atom. The highest BCUT2D eigenvalue weighted by molar-refractivity contribution is 7.89. The summed E-state index contributed by atoms with van der Waals surface area (Å²) in [5.74, 6) is 0. The van der Waals surface area contributed by atoms with Gasteiger partial charge in [0.25, 0.3) is 0 Å². The van der Waals surface area contributed by atoms with Crippen LogP contribution in [0.1, 0.15) is 31.7 Å². The van der Waals surface area contributed by atoms with Crippen LogP contribution in [0.15, 0.2) is 52.3 Å². The van der Waals surface area contributed by atoms with Crippen LogP contribution in [-0.4, -0.2) is 15.9 Å². The quantitative estimate of drug-likeness (QED) is 0.609. The zero-order chi connectivity index (χ0) is 14.1. The standard InChI is InChI=1S/C16H22O2S/c1-3-4-5-7-15(8-6-13-17)19(18)16-11-9-14(2)10-12-16/h6-12,17H,3-5,13H2,1-2H3/b8-6+,15-7-/t19-/m1/s1. The Balaban J connectivity index is 2.90. The first-order valence-corrected chi connectivity index (χ1v) is 7.80. The fourth-order valence-electron chi connectivity index (χ4n) is 1.62. The fraction of sp³-hybridized carbons (Fsp3) is 0.375. The molecule has 0 aliphatic rings. The summed E-state index contributed by atoms with van der Waals surface area (Å²) in [6.07, 6.45) is 8.51. The van der Waals surface area contributed by atoms with E-state index in [9.17, 15) is 4.21 Å². The van der Waals surface area contributed by atoms with Crippen molar-refractivity contribution in [3.05, 3.63) is 53.0 Å². The smallest absolute Gasteiger partial charge is 0.0846 e. The van der Waals surface area contributed by atoms with Crippen molar-refractivity contribution in [2.24, 2.45) is 0 Å². The normalized spacial score (nSPS) is 13.9. The molecular weight excluding hydrogens is 256 g/mol. The lowest BCUT2D eigenvalue weighted by atomic mass is 10.2. The first-order valence-electron chi connectivity index (χ1n) is 6.65. The first kappa shape index (κ1) is 15.9. The summed E-state index contributed by atoms with van der Waals surface area (Å²) in [6.45, 7) is 4.11. The molecule has 0 amide bonds. The lowest BCUT2D eigenvalue weighted by Crippen LogP contribution is -1.95. The average molecular weight is 278 g/mol. The molecule has 0 aromatic heterocycles. The summed E-state index contributed by atoms with van der Waals surface area (Å²) in [5.41, 5.74) is 1.16. The Labute approximate surface area is 118 Å². The van der Waals surface area contributed by atoms with Crippen molar-refractivity contribution in [2.75, 3.05) is 6.61 Å². The van der Waals surface area contributed by atoms with Crippen molar-refractivity contribution < 1.29 is 9.32 Å². The summed E-state index contributed by atoms with van der Waals surface area (Å²) in [4.78, 5) is 1.57. The van der Waals surface area contributed by atoms with Crippen molar-refractivity contribution in [1.29, 1.82) is 0 Å². The van der Waals surface area contributed by atoms with Gasteiger partial charge >= 0.3 is 0 Å². The number of allylic oxidation sites excluding steroid dienone is 2. The SMILES string of the molecule is CCCC/C=C(/C=C/CO)[S@@](=O)c1ccc(C)cc1. The first-order chi connectivity index (χ1) is 9.19. The van der Waals surface area contributed by atoms with E-state index in [2.05, 4.69) is 6.92 Å². The van der Waals surface area contributed by atoms with E-state index in [1.807, 2.05) is 37.3 Å². The van der Waals surface area contributed by atoms with Crippen LogP contribution < -0.4 is 0 Å². The topological polar surface area (TPSA) is 37.3 Å². The summed E-state index contributed by atoms with van der Waals surface area (Å²) in [5, 5.41) is 8.86. The molecule has 1 atom stereocenters. The molecule has 104 valence electrons. The van der Waals surface area contributed by atoms with Gasteiger partial charge in [0.2, 0.25) is 0 Å². The molecule has 1 rings (SSSR count). The second-order valence-electron chi connectivity index (χ2n) is 4.42. The van der Waals surface area contributed by atoms with Crippen LogP contribution in [0.25, 0.3) is 0 Å². The second kappa shape index (κ2) is 8.83. The van der Waals surface area contributed by atoms with E-state index in [1.54, 1.807) is 12.2 Å². The number of benzene rings is 1. The number of aliphatic hydroxyl groups is 1. The number of aryl methyl sites for hydroxylation is 1. The minimum atomic E-state index is -1.17. The molecule has 0 unspecified atom stereocenters. The molecule has 1 aromatic carbocycles. The predicted molar refractivity (Wildman–Crippen MR) is 81.4 cm³/mol. The van der Waals surface area contributed by atoms with E-state index >= 15 is 0 Å². The molecule has 3 heteroatoms. The van der Waals surface area contributed by atoms with Gasteiger partial charge in [0, 0.05) is 9.80 Å². The van der Waals surface area contributed by atoms with Gasteiger partial charge in [-0.1, -0.05) is 49.6 Å². The summed E-state index contributed by atoms with van der Waals surface area (Å²) in [6, 6.07) is 7.72. The van der Waals surface area contributed by atoms with Crippen molar-refractivity contribution in [3.8, 4) is 0 Å². The van der Waals surface area contributed by atoms with E-state index in [0.29, 0.717) is 0 Å². The van der Waals surface area contributed by atoms with E-state index in [0.717, 1.165) is 34.6 Å². The third-order valence-corrected chi connectivity index (χ3v) is 4.17. The Kier molecular flexibility index (Phi) is 7.38. The maximum Gasteiger partial charge on any atom is 0.0846 e. The maximum atomic E-state index is 12.5. The van der Waals surface area contributed by atoms with E-state index in [4.69, 9.17) is 5.11 Å². The molecule has 19 heavy (non-hydrogen) atoms. The lowest BCUT2D eigenvalue weighted by Gasteiger charge is -2.04. The monoisotopic (exact) mass is 278 g/mol. The van der Waals surface area contributed by atoms with Crippen molar-refractivity contribution in [1.82, 2.24) is 0 Å². The van der Waals surface area contributed by atoms with Gasteiger partial charge in [-0.25, -0.2) is 4.21 Å². The molecule has 0 heterocycles. The molecule has 2 nitrogen and oxygen atoms in total. The molecule has 1 N–H and O–H groups in total. The second-order valence-corrected chi connectivity index (χ2v) is 5.90. The molecule has 0 bridgehead atoms. The molecule has 0 spiro atoms. The number of unbranched alkanes of at least 4 members (excludes halogenated alkanes) is 2. The highest BCUT2D eigenvalue weighted by Gasteiger charge is 2.07. The molecule has 0 fully saturated rings. The van der Waals surface area contributed by atoms with Crippen LogP contribution >= 0.6 is 0 Å². The van der Waals surface area contributed by atoms with Gasteiger partial charge in [-0.2, -0.15) is 0 Å². The van der Waals surface area contributed by atoms with Gasteiger partial charge in [0.05, 0.1) is 17.4 Å². The molecular formula is C16H22O2S. The average Bonchev–Trinajstić information content (AvgIpc) is 2.43. The highest BCUT2D eigenvalue weighted by atomic mass is 32.2. The Morgan fingerprint density at radius 2 is 2.00 bits per heavy atom. The van der Waals surface area contributed by atoms with Crippen molar-refractivity contribution >= 4 is 10.8 Å². The molecule has 1 aromatic rings. The molecule has 0 saturated heterocycles. The van der Waals surface area contributed by atoms with Gasteiger partial charge in [-0.15, -0.1) is 0 Å². The Bertz CT molecular complexity index is 458. The number of hydrogen-bond donors (Lipinski definition) is 1. The molecule has 0 radical (unpaired) electrons.